The number of carbonyl (C=O) groups excluding carboxylic acids is 1. The van der Waals surface area contributed by atoms with Gasteiger partial charge in [0.05, 0.1) is 18.1 Å². The molecule has 4 aromatic rings. The molecule has 1 heterocycles. The molecule has 1 unspecified atom stereocenters. The predicted octanol–water partition coefficient (Wildman–Crippen LogP) is 5.99. The Morgan fingerprint density at radius 3 is 2.41 bits per heavy atom. The van der Waals surface area contributed by atoms with Gasteiger partial charge in [-0.05, 0) is 72.7 Å². The van der Waals surface area contributed by atoms with Crippen LogP contribution in [0.25, 0.3) is 22.6 Å². The van der Waals surface area contributed by atoms with E-state index in [1.165, 1.54) is 0 Å². The zero-order chi connectivity index (χ0) is 31.7. The van der Waals surface area contributed by atoms with Crippen LogP contribution in [0.5, 0.6) is 0 Å². The number of aryl methyl sites for hydroxylation is 2. The molecule has 4 rings (SSSR count). The van der Waals surface area contributed by atoms with Crippen molar-refractivity contribution in [3.8, 4) is 22.6 Å². The van der Waals surface area contributed by atoms with Crippen molar-refractivity contribution >= 4 is 21.7 Å². The Morgan fingerprint density at radius 1 is 1.00 bits per heavy atom. The molecule has 0 saturated carbocycles. The smallest absolute Gasteiger partial charge is 0.326 e. The van der Waals surface area contributed by atoms with Crippen molar-refractivity contribution in [2.75, 3.05) is 12.0 Å². The van der Waals surface area contributed by atoms with Crippen LogP contribution in [0.15, 0.2) is 77.2 Å². The molecular weight excluding hydrogens is 580 g/mol. The maximum absolute atomic E-state index is 13.4. The van der Waals surface area contributed by atoms with Crippen LogP contribution in [0.2, 0.25) is 0 Å². The SMILES string of the molecule is CCCCc1nc(-c2ccccc2)oc1COCc1ccc(C(=O)NC(CCS(C)(=O)=O)C(=O)O)c(-c2ccccc2C)c1. The largest absolute Gasteiger partial charge is 0.480 e. The topological polar surface area (TPSA) is 136 Å². The average Bonchev–Trinajstić information content (AvgIpc) is 3.41. The summed E-state index contributed by atoms with van der Waals surface area (Å²) in [4.78, 5) is 29.9. The lowest BCUT2D eigenvalue weighted by Crippen LogP contribution is -2.42. The van der Waals surface area contributed by atoms with E-state index in [9.17, 15) is 23.1 Å². The number of amides is 1. The maximum Gasteiger partial charge on any atom is 0.326 e. The molecule has 2 N–H and O–H groups in total. The summed E-state index contributed by atoms with van der Waals surface area (Å²) in [6, 6.07) is 21.2. The van der Waals surface area contributed by atoms with Crippen LogP contribution in [0.4, 0.5) is 0 Å². The van der Waals surface area contributed by atoms with Crippen molar-refractivity contribution in [2.45, 2.75) is 58.8 Å². The van der Waals surface area contributed by atoms with E-state index >= 15 is 0 Å². The first-order valence-electron chi connectivity index (χ1n) is 14.6. The molecule has 0 bridgehead atoms. The van der Waals surface area contributed by atoms with Gasteiger partial charge in [0.1, 0.15) is 22.5 Å². The van der Waals surface area contributed by atoms with Gasteiger partial charge in [-0.1, -0.05) is 61.9 Å². The van der Waals surface area contributed by atoms with Gasteiger partial charge < -0.3 is 19.6 Å². The number of aliphatic carboxylic acids is 1. The van der Waals surface area contributed by atoms with Gasteiger partial charge in [0.15, 0.2) is 5.76 Å². The van der Waals surface area contributed by atoms with E-state index in [2.05, 4.69) is 12.2 Å². The highest BCUT2D eigenvalue weighted by atomic mass is 32.2. The van der Waals surface area contributed by atoms with E-state index in [0.29, 0.717) is 17.2 Å². The van der Waals surface area contributed by atoms with Crippen molar-refractivity contribution in [1.82, 2.24) is 10.3 Å². The third kappa shape index (κ3) is 8.87. The summed E-state index contributed by atoms with van der Waals surface area (Å²) in [5.41, 5.74) is 5.22. The zero-order valence-electron chi connectivity index (χ0n) is 25.2. The molecule has 0 fully saturated rings. The number of nitrogens with one attached hydrogen (secondary N) is 1. The number of aromatic nitrogens is 1. The lowest BCUT2D eigenvalue weighted by atomic mass is 9.93. The summed E-state index contributed by atoms with van der Waals surface area (Å²) in [7, 11) is -3.40. The zero-order valence-corrected chi connectivity index (χ0v) is 26.0. The standard InChI is InChI=1S/C34H38N2O7S/c1-4-5-15-29-31(43-33(36-29)25-12-7-6-8-13-25)22-42-21-24-16-17-27(28(20-24)26-14-10-9-11-23(26)2)32(37)35-30(34(38)39)18-19-44(3,40)41/h6-14,16-17,20,30H,4-5,15,18-19,21-22H2,1-3H3,(H,35,37)(H,38,39). The molecule has 9 nitrogen and oxygen atoms in total. The summed E-state index contributed by atoms with van der Waals surface area (Å²) in [6.07, 6.45) is 3.59. The number of unbranched alkanes of at least 4 members (excludes halogenated alkanes) is 1. The fourth-order valence-corrected chi connectivity index (χ4v) is 5.47. The van der Waals surface area contributed by atoms with E-state index in [1.54, 1.807) is 12.1 Å². The molecule has 0 spiro atoms. The molecule has 0 saturated heterocycles. The minimum absolute atomic E-state index is 0.224. The van der Waals surface area contributed by atoms with Gasteiger partial charge in [-0.15, -0.1) is 0 Å². The van der Waals surface area contributed by atoms with E-state index in [4.69, 9.17) is 14.1 Å². The molecular formula is C34H38N2O7S. The quantitative estimate of drug-likeness (QED) is 0.166. The number of carboxylic acid groups (broad SMARTS) is 1. The number of ether oxygens (including phenoxy) is 1. The summed E-state index contributed by atoms with van der Waals surface area (Å²) >= 11 is 0. The summed E-state index contributed by atoms with van der Waals surface area (Å²) < 4.78 is 35.4. The molecule has 10 heteroatoms. The van der Waals surface area contributed by atoms with E-state index in [0.717, 1.165) is 53.5 Å². The molecule has 0 aliphatic heterocycles. The number of oxazole rings is 1. The number of benzene rings is 3. The molecule has 3 aromatic carbocycles. The highest BCUT2D eigenvalue weighted by Gasteiger charge is 2.24. The van der Waals surface area contributed by atoms with Crippen molar-refractivity contribution in [3.05, 3.63) is 101 Å². The van der Waals surface area contributed by atoms with Crippen molar-refractivity contribution in [2.24, 2.45) is 0 Å². The molecule has 232 valence electrons. The molecule has 44 heavy (non-hydrogen) atoms. The second kappa shape index (κ2) is 14.9. The second-order valence-corrected chi connectivity index (χ2v) is 13.1. The van der Waals surface area contributed by atoms with Crippen LogP contribution in [0.3, 0.4) is 0 Å². The number of hydrogen-bond acceptors (Lipinski definition) is 7. The van der Waals surface area contributed by atoms with Gasteiger partial charge in [0.25, 0.3) is 5.91 Å². The number of carboxylic acids is 1. The molecule has 1 aromatic heterocycles. The normalized spacial score (nSPS) is 12.2. The monoisotopic (exact) mass is 618 g/mol. The molecule has 1 amide bonds. The van der Waals surface area contributed by atoms with E-state index < -0.39 is 27.8 Å². The molecule has 1 atom stereocenters. The summed E-state index contributed by atoms with van der Waals surface area (Å²) in [5, 5.41) is 12.1. The first-order chi connectivity index (χ1) is 21.1. The Labute approximate surface area is 258 Å². The van der Waals surface area contributed by atoms with Gasteiger partial charge in [0, 0.05) is 17.4 Å². The Bertz CT molecular complexity index is 1700. The number of carbonyl (C=O) groups is 2. The molecule has 0 radical (unpaired) electrons. The van der Waals surface area contributed by atoms with E-state index in [1.807, 2.05) is 67.6 Å². The van der Waals surface area contributed by atoms with Gasteiger partial charge in [0.2, 0.25) is 5.89 Å². The number of rotatable bonds is 15. The molecule has 0 aliphatic rings. The van der Waals surface area contributed by atoms with Crippen LogP contribution in [0, 0.1) is 6.92 Å². The minimum Gasteiger partial charge on any atom is -0.480 e. The fraction of sp³-hybridized carbons (Fsp3) is 0.324. The first kappa shape index (κ1) is 32.6. The Kier molecular flexibility index (Phi) is 11.1. The second-order valence-electron chi connectivity index (χ2n) is 10.8. The van der Waals surface area contributed by atoms with E-state index in [-0.39, 0.29) is 31.0 Å². The van der Waals surface area contributed by atoms with Crippen molar-refractivity contribution in [3.63, 3.8) is 0 Å². The van der Waals surface area contributed by atoms with Gasteiger partial charge in [-0.2, -0.15) is 0 Å². The fourth-order valence-electron chi connectivity index (χ4n) is 4.80. The minimum atomic E-state index is -3.40. The predicted molar refractivity (Wildman–Crippen MR) is 169 cm³/mol. The van der Waals surface area contributed by atoms with Crippen LogP contribution < -0.4 is 5.32 Å². The van der Waals surface area contributed by atoms with Gasteiger partial charge in [-0.3, -0.25) is 4.79 Å². The van der Waals surface area contributed by atoms with Crippen molar-refractivity contribution in [1.29, 1.82) is 0 Å². The van der Waals surface area contributed by atoms with Gasteiger partial charge >= 0.3 is 5.97 Å². The lowest BCUT2D eigenvalue weighted by Gasteiger charge is -2.18. The third-order valence-corrected chi connectivity index (χ3v) is 8.19. The highest BCUT2D eigenvalue weighted by Crippen LogP contribution is 2.29. The average molecular weight is 619 g/mol. The number of nitrogens with zero attached hydrogens (tertiary/aromatic N) is 1. The van der Waals surface area contributed by atoms with Crippen LogP contribution in [-0.4, -0.2) is 48.4 Å². The summed E-state index contributed by atoms with van der Waals surface area (Å²) in [5.74, 6) is -1.02. The number of sulfone groups is 1. The Morgan fingerprint density at radius 2 is 1.73 bits per heavy atom. The van der Waals surface area contributed by atoms with Crippen LogP contribution in [-0.2, 0) is 39.0 Å². The van der Waals surface area contributed by atoms with Gasteiger partial charge in [-0.25, -0.2) is 18.2 Å². The first-order valence-corrected chi connectivity index (χ1v) is 16.6. The Balaban J connectivity index is 1.56. The highest BCUT2D eigenvalue weighted by molar-refractivity contribution is 7.90. The summed E-state index contributed by atoms with van der Waals surface area (Å²) in [6.45, 7) is 4.52. The van der Waals surface area contributed by atoms with Crippen LogP contribution >= 0.6 is 0 Å². The van der Waals surface area contributed by atoms with Crippen molar-refractivity contribution < 1.29 is 32.3 Å². The maximum atomic E-state index is 13.4. The van der Waals surface area contributed by atoms with Crippen LogP contribution in [0.1, 0.15) is 59.1 Å². The Hall–Kier alpha value is -4.28. The lowest BCUT2D eigenvalue weighted by molar-refractivity contribution is -0.139. The molecule has 0 aliphatic carbocycles. The number of hydrogen-bond donors (Lipinski definition) is 2. The third-order valence-electron chi connectivity index (χ3n) is 7.21.